The van der Waals surface area contributed by atoms with Crippen LogP contribution in [0, 0.1) is 5.82 Å². The van der Waals surface area contributed by atoms with E-state index < -0.39 is 12.0 Å². The van der Waals surface area contributed by atoms with E-state index >= 15 is 0 Å². The number of amides is 1. The fourth-order valence-electron chi connectivity index (χ4n) is 4.25. The summed E-state index contributed by atoms with van der Waals surface area (Å²) in [6.07, 6.45) is 1.01. The van der Waals surface area contributed by atoms with Gasteiger partial charge < -0.3 is 20.5 Å². The number of anilines is 1. The van der Waals surface area contributed by atoms with Gasteiger partial charge in [0.05, 0.1) is 6.54 Å². The maximum atomic E-state index is 13.0. The molecule has 0 saturated heterocycles. The molecule has 8 heteroatoms. The number of ether oxygens (including phenoxy) is 1. The van der Waals surface area contributed by atoms with E-state index in [1.54, 1.807) is 84.9 Å². The first-order valence-electron chi connectivity index (χ1n) is 13.3. The lowest BCUT2D eigenvalue weighted by atomic mass is 10.00. The molecule has 3 N–H and O–H groups in total. The number of halogens is 1. The van der Waals surface area contributed by atoms with Gasteiger partial charge in [0.25, 0.3) is 0 Å². The van der Waals surface area contributed by atoms with Crippen LogP contribution in [0.5, 0.6) is 5.75 Å². The Hall–Kier alpha value is -4.98. The highest BCUT2D eigenvalue weighted by Crippen LogP contribution is 2.22. The van der Waals surface area contributed by atoms with Crippen molar-refractivity contribution >= 4 is 23.3 Å². The molecule has 41 heavy (non-hydrogen) atoms. The quantitative estimate of drug-likeness (QED) is 0.145. The van der Waals surface area contributed by atoms with Crippen LogP contribution in [0.15, 0.2) is 103 Å². The van der Waals surface area contributed by atoms with Gasteiger partial charge in [0.15, 0.2) is 5.78 Å². The monoisotopic (exact) mass is 554 g/mol. The summed E-state index contributed by atoms with van der Waals surface area (Å²) in [4.78, 5) is 37.1. The number of benzene rings is 4. The summed E-state index contributed by atoms with van der Waals surface area (Å²) in [6.45, 7) is 0.600. The molecule has 0 aliphatic rings. The van der Waals surface area contributed by atoms with E-state index in [0.29, 0.717) is 42.0 Å². The molecule has 0 aliphatic heterocycles. The van der Waals surface area contributed by atoms with Crippen LogP contribution in [0.1, 0.15) is 33.5 Å². The summed E-state index contributed by atoms with van der Waals surface area (Å²) in [7, 11) is 0. The highest BCUT2D eigenvalue weighted by Gasteiger charge is 2.21. The maximum Gasteiger partial charge on any atom is 0.326 e. The van der Waals surface area contributed by atoms with E-state index in [1.165, 1.54) is 12.1 Å². The zero-order chi connectivity index (χ0) is 29.0. The molecule has 0 aromatic heterocycles. The SMILES string of the molecule is O=C(CCc1ccc(F)cc1)NCCOc1ccc(C[C@H](Nc2ccccc2C(=O)c2ccccc2)C(=O)O)cc1. The van der Waals surface area contributed by atoms with Crippen LogP contribution in [0.4, 0.5) is 10.1 Å². The van der Waals surface area contributed by atoms with E-state index in [0.717, 1.165) is 11.1 Å². The standard InChI is InChI=1S/C33H31FN2O5/c34-26-15-10-23(11-16-26)14-19-31(37)35-20-21-41-27-17-12-24(13-18-27)22-30(33(39)40)36-29-9-5-4-8-28(29)32(38)25-6-2-1-3-7-25/h1-13,15-18,30,36H,14,19-22H2,(H,35,37)(H,39,40)/t30-/m0/s1. The van der Waals surface area contributed by atoms with Gasteiger partial charge in [-0.25, -0.2) is 9.18 Å². The fourth-order valence-corrected chi connectivity index (χ4v) is 4.25. The third-order valence-electron chi connectivity index (χ3n) is 6.45. The largest absolute Gasteiger partial charge is 0.492 e. The number of carbonyl (C=O) groups excluding carboxylic acids is 2. The van der Waals surface area contributed by atoms with Gasteiger partial charge in [0, 0.05) is 29.7 Å². The van der Waals surface area contributed by atoms with Crippen molar-refractivity contribution in [2.45, 2.75) is 25.3 Å². The number of rotatable bonds is 14. The van der Waals surface area contributed by atoms with Gasteiger partial charge in [-0.2, -0.15) is 0 Å². The number of aryl methyl sites for hydroxylation is 1. The summed E-state index contributed by atoms with van der Waals surface area (Å²) in [6, 6.07) is 27.9. The first-order valence-corrected chi connectivity index (χ1v) is 13.3. The van der Waals surface area contributed by atoms with Gasteiger partial charge in [-0.3, -0.25) is 9.59 Å². The number of aliphatic carboxylic acids is 1. The van der Waals surface area contributed by atoms with Gasteiger partial charge >= 0.3 is 5.97 Å². The summed E-state index contributed by atoms with van der Waals surface area (Å²) in [5.74, 6) is -1.06. The molecule has 0 fully saturated rings. The number of hydrogen-bond acceptors (Lipinski definition) is 5. The molecular formula is C33H31FN2O5. The van der Waals surface area contributed by atoms with Crippen molar-refractivity contribution < 1.29 is 28.6 Å². The van der Waals surface area contributed by atoms with Crippen molar-refractivity contribution in [1.29, 1.82) is 0 Å². The lowest BCUT2D eigenvalue weighted by Crippen LogP contribution is -2.32. The smallest absolute Gasteiger partial charge is 0.326 e. The number of nitrogens with one attached hydrogen (secondary N) is 2. The van der Waals surface area contributed by atoms with Crippen molar-refractivity contribution in [2.24, 2.45) is 0 Å². The zero-order valence-corrected chi connectivity index (χ0v) is 22.4. The third kappa shape index (κ3) is 8.76. The van der Waals surface area contributed by atoms with Crippen LogP contribution in [0.2, 0.25) is 0 Å². The van der Waals surface area contributed by atoms with Crippen molar-refractivity contribution in [3.63, 3.8) is 0 Å². The Morgan fingerprint density at radius 1 is 0.805 bits per heavy atom. The van der Waals surface area contributed by atoms with Crippen LogP contribution in [0.3, 0.4) is 0 Å². The van der Waals surface area contributed by atoms with Crippen LogP contribution < -0.4 is 15.4 Å². The number of carboxylic acids is 1. The van der Waals surface area contributed by atoms with E-state index in [-0.39, 0.29) is 30.5 Å². The summed E-state index contributed by atoms with van der Waals surface area (Å²) < 4.78 is 18.7. The second kappa shape index (κ2) is 14.4. The highest BCUT2D eigenvalue weighted by atomic mass is 19.1. The first kappa shape index (κ1) is 29.0. The van der Waals surface area contributed by atoms with Crippen LogP contribution in [0.25, 0.3) is 0 Å². The van der Waals surface area contributed by atoms with Crippen LogP contribution in [-0.2, 0) is 22.4 Å². The van der Waals surface area contributed by atoms with Gasteiger partial charge in [-0.1, -0.05) is 66.7 Å². The molecule has 210 valence electrons. The Morgan fingerprint density at radius 3 is 2.17 bits per heavy atom. The summed E-state index contributed by atoms with van der Waals surface area (Å²) in [5, 5.41) is 15.7. The lowest BCUT2D eigenvalue weighted by Gasteiger charge is -2.18. The van der Waals surface area contributed by atoms with Gasteiger partial charge in [0.1, 0.15) is 24.2 Å². The molecular weight excluding hydrogens is 523 g/mol. The Kier molecular flexibility index (Phi) is 10.2. The number of hydrogen-bond donors (Lipinski definition) is 3. The second-order valence-corrected chi connectivity index (χ2v) is 9.45. The number of ketones is 1. The van der Waals surface area contributed by atoms with E-state index in [4.69, 9.17) is 4.74 Å². The van der Waals surface area contributed by atoms with Gasteiger partial charge in [-0.05, 0) is 53.9 Å². The predicted octanol–water partition coefficient (Wildman–Crippen LogP) is 5.29. The Balaban J connectivity index is 1.26. The molecule has 0 bridgehead atoms. The normalized spacial score (nSPS) is 11.3. The average molecular weight is 555 g/mol. The predicted molar refractivity (Wildman–Crippen MR) is 155 cm³/mol. The minimum Gasteiger partial charge on any atom is -0.492 e. The van der Waals surface area contributed by atoms with Gasteiger partial charge in [0.2, 0.25) is 5.91 Å². The highest BCUT2D eigenvalue weighted by molar-refractivity contribution is 6.12. The summed E-state index contributed by atoms with van der Waals surface area (Å²) >= 11 is 0. The first-order chi connectivity index (χ1) is 19.9. The second-order valence-electron chi connectivity index (χ2n) is 9.45. The molecule has 1 amide bonds. The van der Waals surface area contributed by atoms with E-state index in [1.807, 2.05) is 6.07 Å². The molecule has 4 aromatic rings. The molecule has 1 atom stereocenters. The Morgan fingerprint density at radius 2 is 1.46 bits per heavy atom. The summed E-state index contributed by atoms with van der Waals surface area (Å²) in [5.41, 5.74) is 3.04. The van der Waals surface area contributed by atoms with Crippen molar-refractivity contribution in [1.82, 2.24) is 5.32 Å². The van der Waals surface area contributed by atoms with Crippen molar-refractivity contribution in [2.75, 3.05) is 18.5 Å². The molecule has 4 rings (SSSR count). The minimum absolute atomic E-state index is 0.118. The van der Waals surface area contributed by atoms with Crippen molar-refractivity contribution in [3.05, 3.63) is 131 Å². The van der Waals surface area contributed by atoms with E-state index in [9.17, 15) is 23.9 Å². The molecule has 0 saturated carbocycles. The topological polar surface area (TPSA) is 105 Å². The van der Waals surface area contributed by atoms with Gasteiger partial charge in [-0.15, -0.1) is 0 Å². The molecule has 0 heterocycles. The molecule has 0 unspecified atom stereocenters. The zero-order valence-electron chi connectivity index (χ0n) is 22.4. The third-order valence-corrected chi connectivity index (χ3v) is 6.45. The fraction of sp³-hybridized carbons (Fsp3) is 0.182. The minimum atomic E-state index is -1.04. The number of carboxylic acid groups (broad SMARTS) is 1. The molecule has 0 spiro atoms. The number of para-hydroxylation sites is 1. The molecule has 0 radical (unpaired) electrons. The molecule has 0 aliphatic carbocycles. The lowest BCUT2D eigenvalue weighted by molar-refractivity contribution is -0.137. The molecule has 7 nitrogen and oxygen atoms in total. The Bertz CT molecular complexity index is 1460. The Labute approximate surface area is 238 Å². The average Bonchev–Trinajstić information content (AvgIpc) is 2.99. The van der Waals surface area contributed by atoms with Crippen LogP contribution >= 0.6 is 0 Å². The molecule has 4 aromatic carbocycles. The van der Waals surface area contributed by atoms with Crippen LogP contribution in [-0.4, -0.2) is 42.0 Å². The van der Waals surface area contributed by atoms with E-state index in [2.05, 4.69) is 10.6 Å². The maximum absolute atomic E-state index is 13.0. The number of carbonyl (C=O) groups is 3. The van der Waals surface area contributed by atoms with Crippen molar-refractivity contribution in [3.8, 4) is 5.75 Å².